The number of rotatable bonds is 6. The van der Waals surface area contributed by atoms with Gasteiger partial charge in [0.25, 0.3) is 0 Å². The van der Waals surface area contributed by atoms with Gasteiger partial charge in [0.2, 0.25) is 0 Å². The summed E-state index contributed by atoms with van der Waals surface area (Å²) in [4.78, 5) is 11.0. The van der Waals surface area contributed by atoms with Crippen LogP contribution >= 0.6 is 11.6 Å². The van der Waals surface area contributed by atoms with E-state index in [9.17, 15) is 0 Å². The Morgan fingerprint density at radius 1 is 1.37 bits per heavy atom. The predicted molar refractivity (Wildman–Crippen MR) is 109 cm³/mol. The minimum Gasteiger partial charge on any atom is -0.375 e. The first-order valence-electron chi connectivity index (χ1n) is 9.42. The number of guanidine groups is 1. The van der Waals surface area contributed by atoms with Crippen LogP contribution in [0.1, 0.15) is 24.9 Å². The zero-order valence-corrected chi connectivity index (χ0v) is 16.8. The van der Waals surface area contributed by atoms with Gasteiger partial charge in [-0.25, -0.2) is 4.98 Å². The van der Waals surface area contributed by atoms with E-state index in [0.717, 1.165) is 42.6 Å². The highest BCUT2D eigenvalue weighted by molar-refractivity contribution is 6.30. The average Bonchev–Trinajstić information content (AvgIpc) is 3.21. The molecular formula is C20H28ClN5O. The molecule has 0 spiro atoms. The van der Waals surface area contributed by atoms with Gasteiger partial charge in [0, 0.05) is 44.1 Å². The standard InChI is InChI=1S/C20H28ClN5O/c1-16-7-10-25(13-19(16)26-11-8-23-15-26)20(22-2)24-9-12-27-14-17-3-5-18(21)6-4-17/h3-6,8,11,15-16,19H,7,9-10,12-14H2,1-2H3,(H,22,24). The number of aliphatic imine (C=N–C) groups is 1. The molecule has 2 heterocycles. The van der Waals surface area contributed by atoms with Crippen molar-refractivity contribution in [2.24, 2.45) is 10.9 Å². The van der Waals surface area contributed by atoms with E-state index in [-0.39, 0.29) is 0 Å². The van der Waals surface area contributed by atoms with Gasteiger partial charge in [0.15, 0.2) is 5.96 Å². The molecule has 7 heteroatoms. The molecule has 1 aliphatic rings. The smallest absolute Gasteiger partial charge is 0.193 e. The van der Waals surface area contributed by atoms with Crippen molar-refractivity contribution in [3.63, 3.8) is 0 Å². The van der Waals surface area contributed by atoms with Gasteiger partial charge in [0.05, 0.1) is 25.6 Å². The first kappa shape index (κ1) is 19.7. The van der Waals surface area contributed by atoms with Gasteiger partial charge in [-0.1, -0.05) is 30.7 Å². The quantitative estimate of drug-likeness (QED) is 0.468. The van der Waals surface area contributed by atoms with E-state index < -0.39 is 0 Å². The zero-order valence-electron chi connectivity index (χ0n) is 16.0. The number of nitrogens with one attached hydrogen (secondary N) is 1. The Hall–Kier alpha value is -2.05. The second-order valence-electron chi connectivity index (χ2n) is 6.94. The molecule has 0 amide bonds. The Morgan fingerprint density at radius 3 is 2.89 bits per heavy atom. The highest BCUT2D eigenvalue weighted by Crippen LogP contribution is 2.27. The Labute approximate surface area is 166 Å². The number of ether oxygens (including phenoxy) is 1. The van der Waals surface area contributed by atoms with Gasteiger partial charge < -0.3 is 19.5 Å². The Bertz CT molecular complexity index is 716. The summed E-state index contributed by atoms with van der Waals surface area (Å²) in [6.07, 6.45) is 6.93. The van der Waals surface area contributed by atoms with Crippen LogP contribution in [0.5, 0.6) is 0 Å². The molecule has 6 nitrogen and oxygen atoms in total. The van der Waals surface area contributed by atoms with E-state index in [2.05, 4.69) is 31.7 Å². The molecule has 2 atom stereocenters. The van der Waals surface area contributed by atoms with Crippen molar-refractivity contribution < 1.29 is 4.74 Å². The SMILES string of the molecule is CN=C(NCCOCc1ccc(Cl)cc1)N1CCC(C)C(n2ccnc2)C1. The molecule has 1 aliphatic heterocycles. The van der Waals surface area contributed by atoms with E-state index >= 15 is 0 Å². The highest BCUT2D eigenvalue weighted by atomic mass is 35.5. The third-order valence-electron chi connectivity index (χ3n) is 5.05. The molecule has 2 aromatic rings. The monoisotopic (exact) mass is 389 g/mol. The normalized spacial score (nSPS) is 20.7. The van der Waals surface area contributed by atoms with Crippen LogP contribution < -0.4 is 5.32 Å². The lowest BCUT2D eigenvalue weighted by atomic mass is 9.93. The summed E-state index contributed by atoms with van der Waals surface area (Å²) >= 11 is 5.90. The molecule has 1 N–H and O–H groups in total. The minimum absolute atomic E-state index is 0.418. The van der Waals surface area contributed by atoms with Gasteiger partial charge in [-0.3, -0.25) is 4.99 Å². The number of benzene rings is 1. The fraction of sp³-hybridized carbons (Fsp3) is 0.500. The molecule has 0 aliphatic carbocycles. The number of hydrogen-bond acceptors (Lipinski definition) is 3. The third kappa shape index (κ3) is 5.47. The lowest BCUT2D eigenvalue weighted by Gasteiger charge is -2.39. The predicted octanol–water partition coefficient (Wildman–Crippen LogP) is 3.21. The third-order valence-corrected chi connectivity index (χ3v) is 5.30. The topological polar surface area (TPSA) is 54.7 Å². The maximum absolute atomic E-state index is 5.90. The average molecular weight is 390 g/mol. The number of piperidine rings is 1. The summed E-state index contributed by atoms with van der Waals surface area (Å²) in [6, 6.07) is 8.16. The summed E-state index contributed by atoms with van der Waals surface area (Å²) in [5.41, 5.74) is 1.12. The summed E-state index contributed by atoms with van der Waals surface area (Å²) in [5, 5.41) is 4.16. The van der Waals surface area contributed by atoms with E-state index in [1.165, 1.54) is 0 Å². The van der Waals surface area contributed by atoms with Crippen molar-refractivity contribution in [3.05, 3.63) is 53.6 Å². The lowest BCUT2D eigenvalue weighted by Crippen LogP contribution is -2.49. The lowest BCUT2D eigenvalue weighted by molar-refractivity contribution is 0.124. The number of hydrogen-bond donors (Lipinski definition) is 1. The van der Waals surface area contributed by atoms with Crippen molar-refractivity contribution in [3.8, 4) is 0 Å². The van der Waals surface area contributed by atoms with Gasteiger partial charge in [-0.05, 0) is 30.0 Å². The molecule has 1 fully saturated rings. The van der Waals surface area contributed by atoms with Crippen LogP contribution in [0.4, 0.5) is 0 Å². The van der Waals surface area contributed by atoms with Crippen molar-refractivity contribution in [1.82, 2.24) is 19.8 Å². The van der Waals surface area contributed by atoms with Crippen molar-refractivity contribution >= 4 is 17.6 Å². The van der Waals surface area contributed by atoms with Crippen molar-refractivity contribution in [2.75, 3.05) is 33.3 Å². The fourth-order valence-corrected chi connectivity index (χ4v) is 3.56. The molecule has 2 unspecified atom stereocenters. The van der Waals surface area contributed by atoms with Crippen LogP contribution in [0, 0.1) is 5.92 Å². The van der Waals surface area contributed by atoms with Crippen LogP contribution in [-0.4, -0.2) is 53.7 Å². The molecule has 1 aromatic carbocycles. The highest BCUT2D eigenvalue weighted by Gasteiger charge is 2.28. The second-order valence-corrected chi connectivity index (χ2v) is 7.38. The fourth-order valence-electron chi connectivity index (χ4n) is 3.43. The second kappa shape index (κ2) is 9.76. The number of nitrogens with zero attached hydrogens (tertiary/aromatic N) is 4. The Kier molecular flexibility index (Phi) is 7.12. The maximum atomic E-state index is 5.90. The number of halogens is 1. The van der Waals surface area contributed by atoms with E-state index in [4.69, 9.17) is 16.3 Å². The first-order chi connectivity index (χ1) is 13.2. The van der Waals surface area contributed by atoms with Crippen LogP contribution in [0.15, 0.2) is 48.0 Å². The van der Waals surface area contributed by atoms with Gasteiger partial charge in [-0.15, -0.1) is 0 Å². The zero-order chi connectivity index (χ0) is 19.1. The van der Waals surface area contributed by atoms with Crippen LogP contribution in [0.3, 0.4) is 0 Å². The minimum atomic E-state index is 0.418. The molecule has 27 heavy (non-hydrogen) atoms. The first-order valence-corrected chi connectivity index (χ1v) is 9.80. The molecule has 0 saturated carbocycles. The van der Waals surface area contributed by atoms with Gasteiger partial charge in [0.1, 0.15) is 0 Å². The Morgan fingerprint density at radius 2 is 2.19 bits per heavy atom. The largest absolute Gasteiger partial charge is 0.375 e. The Balaban J connectivity index is 1.44. The van der Waals surface area contributed by atoms with E-state index in [1.807, 2.05) is 50.0 Å². The maximum Gasteiger partial charge on any atom is 0.193 e. The summed E-state index contributed by atoms with van der Waals surface area (Å²) in [6.45, 7) is 6.18. The summed E-state index contributed by atoms with van der Waals surface area (Å²) in [7, 11) is 1.83. The van der Waals surface area contributed by atoms with Crippen molar-refractivity contribution in [1.29, 1.82) is 0 Å². The van der Waals surface area contributed by atoms with E-state index in [1.54, 1.807) is 0 Å². The molecule has 0 bridgehead atoms. The van der Waals surface area contributed by atoms with Crippen molar-refractivity contribution in [2.45, 2.75) is 26.0 Å². The van der Waals surface area contributed by atoms with Crippen LogP contribution in [0.25, 0.3) is 0 Å². The molecule has 0 radical (unpaired) electrons. The molecular weight excluding hydrogens is 362 g/mol. The van der Waals surface area contributed by atoms with Crippen LogP contribution in [0.2, 0.25) is 5.02 Å². The summed E-state index contributed by atoms with van der Waals surface area (Å²) < 4.78 is 7.96. The number of aromatic nitrogens is 2. The number of likely N-dealkylation sites (tertiary alicyclic amines) is 1. The number of imidazole rings is 1. The van der Waals surface area contributed by atoms with Gasteiger partial charge in [-0.2, -0.15) is 0 Å². The molecule has 1 aromatic heterocycles. The van der Waals surface area contributed by atoms with E-state index in [0.29, 0.717) is 25.2 Å². The molecule has 146 valence electrons. The molecule has 3 rings (SSSR count). The molecule has 1 saturated heterocycles. The van der Waals surface area contributed by atoms with Gasteiger partial charge >= 0.3 is 0 Å². The summed E-state index contributed by atoms with van der Waals surface area (Å²) in [5.74, 6) is 1.55. The van der Waals surface area contributed by atoms with Crippen LogP contribution in [-0.2, 0) is 11.3 Å².